The molecule has 0 amide bonds. The van der Waals surface area contributed by atoms with Crippen LogP contribution >= 0.6 is 0 Å². The Bertz CT molecular complexity index is 375. The van der Waals surface area contributed by atoms with E-state index in [4.69, 9.17) is 11.0 Å². The second-order valence-corrected chi connectivity index (χ2v) is 3.98. The summed E-state index contributed by atoms with van der Waals surface area (Å²) < 4.78 is 0. The second kappa shape index (κ2) is 6.02. The number of nitrogen functional groups attached to an aromatic ring is 1. The molecule has 0 heterocycles. The van der Waals surface area contributed by atoms with Crippen molar-refractivity contribution >= 4 is 11.4 Å². The van der Waals surface area contributed by atoms with Gasteiger partial charge in [-0.15, -0.1) is 0 Å². The number of benzene rings is 1. The molecule has 16 heavy (non-hydrogen) atoms. The molecule has 1 aromatic rings. The first kappa shape index (κ1) is 12.4. The highest BCUT2D eigenvalue weighted by molar-refractivity contribution is 5.61. The molecule has 0 radical (unpaired) electrons. The van der Waals surface area contributed by atoms with Gasteiger partial charge in [-0.25, -0.2) is 0 Å². The summed E-state index contributed by atoms with van der Waals surface area (Å²) >= 11 is 0. The number of rotatable bonds is 5. The highest BCUT2D eigenvalue weighted by Gasteiger charge is 2.04. The van der Waals surface area contributed by atoms with Crippen molar-refractivity contribution in [3.8, 4) is 6.07 Å². The summed E-state index contributed by atoms with van der Waals surface area (Å²) in [5.41, 5.74) is 7.70. The molecule has 3 N–H and O–H groups in total. The van der Waals surface area contributed by atoms with E-state index in [2.05, 4.69) is 25.2 Å². The van der Waals surface area contributed by atoms with Crippen LogP contribution < -0.4 is 11.1 Å². The zero-order valence-electron chi connectivity index (χ0n) is 9.96. The van der Waals surface area contributed by atoms with Crippen LogP contribution in [-0.2, 0) is 0 Å². The molecule has 3 nitrogen and oxygen atoms in total. The SMILES string of the molecule is CCC(CC)CNc1ccc(N)c(C#N)c1. The number of nitrogens with zero attached hydrogens (tertiary/aromatic N) is 1. The van der Waals surface area contributed by atoms with Crippen LogP contribution in [0.3, 0.4) is 0 Å². The van der Waals surface area contributed by atoms with E-state index in [0.717, 1.165) is 12.2 Å². The number of nitrogens with one attached hydrogen (secondary N) is 1. The molecule has 1 aromatic carbocycles. The zero-order valence-corrected chi connectivity index (χ0v) is 9.96. The topological polar surface area (TPSA) is 61.8 Å². The lowest BCUT2D eigenvalue weighted by Gasteiger charge is -2.14. The maximum absolute atomic E-state index is 8.85. The van der Waals surface area contributed by atoms with Gasteiger partial charge >= 0.3 is 0 Å². The standard InChI is InChI=1S/C13H19N3/c1-3-10(4-2)9-16-12-5-6-13(15)11(7-12)8-14/h5-7,10,16H,3-4,9,15H2,1-2H3. The molecule has 0 aliphatic carbocycles. The monoisotopic (exact) mass is 217 g/mol. The quantitative estimate of drug-likeness (QED) is 0.745. The Morgan fingerprint density at radius 2 is 2.06 bits per heavy atom. The minimum atomic E-state index is 0.537. The van der Waals surface area contributed by atoms with Crippen LogP contribution in [0.2, 0.25) is 0 Å². The Kier molecular flexibility index (Phi) is 4.65. The first-order chi connectivity index (χ1) is 7.71. The van der Waals surface area contributed by atoms with E-state index >= 15 is 0 Å². The van der Waals surface area contributed by atoms with E-state index in [1.54, 1.807) is 12.1 Å². The molecule has 86 valence electrons. The average molecular weight is 217 g/mol. The minimum Gasteiger partial charge on any atom is -0.398 e. The first-order valence-corrected chi connectivity index (χ1v) is 5.74. The summed E-state index contributed by atoms with van der Waals surface area (Å²) in [6.45, 7) is 5.33. The maximum Gasteiger partial charge on any atom is 0.101 e. The largest absolute Gasteiger partial charge is 0.398 e. The number of nitriles is 1. The first-order valence-electron chi connectivity index (χ1n) is 5.74. The lowest BCUT2D eigenvalue weighted by atomic mass is 10.0. The summed E-state index contributed by atoms with van der Waals surface area (Å²) in [6, 6.07) is 7.58. The molecule has 0 aliphatic rings. The Morgan fingerprint density at radius 1 is 1.38 bits per heavy atom. The van der Waals surface area contributed by atoms with Gasteiger partial charge in [0.1, 0.15) is 6.07 Å². The summed E-state index contributed by atoms with van der Waals surface area (Å²) in [7, 11) is 0. The fourth-order valence-corrected chi connectivity index (χ4v) is 1.60. The van der Waals surface area contributed by atoms with Gasteiger partial charge in [-0.1, -0.05) is 26.7 Å². The highest BCUT2D eigenvalue weighted by atomic mass is 14.9. The third-order valence-electron chi connectivity index (χ3n) is 2.92. The van der Waals surface area contributed by atoms with Gasteiger partial charge in [-0.3, -0.25) is 0 Å². The molecule has 0 fully saturated rings. The maximum atomic E-state index is 8.85. The van der Waals surface area contributed by atoms with Gasteiger partial charge in [0.2, 0.25) is 0 Å². The predicted molar refractivity (Wildman–Crippen MR) is 68.1 cm³/mol. The van der Waals surface area contributed by atoms with Crippen LogP contribution in [-0.4, -0.2) is 6.54 Å². The summed E-state index contributed by atoms with van der Waals surface area (Å²) in [4.78, 5) is 0. The van der Waals surface area contributed by atoms with Crippen molar-refractivity contribution in [2.75, 3.05) is 17.6 Å². The van der Waals surface area contributed by atoms with Crippen molar-refractivity contribution in [3.63, 3.8) is 0 Å². The fourth-order valence-electron chi connectivity index (χ4n) is 1.60. The molecule has 0 aliphatic heterocycles. The van der Waals surface area contributed by atoms with Gasteiger partial charge in [-0.05, 0) is 24.1 Å². The Morgan fingerprint density at radius 3 is 2.62 bits per heavy atom. The van der Waals surface area contributed by atoms with Crippen LogP contribution in [0.15, 0.2) is 18.2 Å². The lowest BCUT2D eigenvalue weighted by molar-refractivity contribution is 0.519. The Balaban J connectivity index is 2.65. The fraction of sp³-hybridized carbons (Fsp3) is 0.462. The molecule has 0 saturated carbocycles. The van der Waals surface area contributed by atoms with Gasteiger partial charge < -0.3 is 11.1 Å². The third kappa shape index (κ3) is 3.16. The van der Waals surface area contributed by atoms with E-state index in [1.165, 1.54) is 12.8 Å². The van der Waals surface area contributed by atoms with E-state index in [-0.39, 0.29) is 0 Å². The van der Waals surface area contributed by atoms with Crippen LogP contribution in [0.4, 0.5) is 11.4 Å². The number of hydrogen-bond acceptors (Lipinski definition) is 3. The van der Waals surface area contributed by atoms with E-state index in [0.29, 0.717) is 17.2 Å². The molecular weight excluding hydrogens is 198 g/mol. The third-order valence-corrected chi connectivity index (χ3v) is 2.92. The van der Waals surface area contributed by atoms with Gasteiger partial charge in [-0.2, -0.15) is 5.26 Å². The van der Waals surface area contributed by atoms with Crippen molar-refractivity contribution in [3.05, 3.63) is 23.8 Å². The van der Waals surface area contributed by atoms with Crippen LogP contribution in [0.5, 0.6) is 0 Å². The average Bonchev–Trinajstić information content (AvgIpc) is 2.32. The summed E-state index contributed by atoms with van der Waals surface area (Å²) in [6.07, 6.45) is 2.34. The van der Waals surface area contributed by atoms with E-state index in [9.17, 15) is 0 Å². The van der Waals surface area contributed by atoms with E-state index in [1.807, 2.05) is 6.07 Å². The molecule has 1 rings (SSSR count). The Hall–Kier alpha value is -1.69. The van der Waals surface area contributed by atoms with Crippen LogP contribution in [0.25, 0.3) is 0 Å². The number of nitrogens with two attached hydrogens (primary N) is 1. The smallest absolute Gasteiger partial charge is 0.101 e. The molecule has 0 bridgehead atoms. The summed E-state index contributed by atoms with van der Waals surface area (Å²) in [5.74, 6) is 0.683. The van der Waals surface area contributed by atoms with Crippen LogP contribution in [0, 0.1) is 17.2 Å². The zero-order chi connectivity index (χ0) is 12.0. The molecule has 0 unspecified atom stereocenters. The molecule has 0 saturated heterocycles. The van der Waals surface area contributed by atoms with Crippen molar-refractivity contribution in [2.45, 2.75) is 26.7 Å². The summed E-state index contributed by atoms with van der Waals surface area (Å²) in [5, 5.41) is 12.2. The van der Waals surface area contributed by atoms with Gasteiger partial charge in [0.25, 0.3) is 0 Å². The van der Waals surface area contributed by atoms with Crippen molar-refractivity contribution in [1.29, 1.82) is 5.26 Å². The molecular formula is C13H19N3. The minimum absolute atomic E-state index is 0.537. The highest BCUT2D eigenvalue weighted by Crippen LogP contribution is 2.18. The Labute approximate surface area is 97.3 Å². The molecule has 0 aromatic heterocycles. The number of hydrogen-bond donors (Lipinski definition) is 2. The van der Waals surface area contributed by atoms with Gasteiger partial charge in [0, 0.05) is 17.9 Å². The van der Waals surface area contributed by atoms with E-state index < -0.39 is 0 Å². The van der Waals surface area contributed by atoms with Crippen LogP contribution in [0.1, 0.15) is 32.3 Å². The van der Waals surface area contributed by atoms with Gasteiger partial charge in [0.05, 0.1) is 5.56 Å². The number of anilines is 2. The molecule has 0 spiro atoms. The normalized spacial score (nSPS) is 10.1. The van der Waals surface area contributed by atoms with Crippen molar-refractivity contribution < 1.29 is 0 Å². The second-order valence-electron chi connectivity index (χ2n) is 3.98. The van der Waals surface area contributed by atoms with Crippen molar-refractivity contribution in [1.82, 2.24) is 0 Å². The lowest BCUT2D eigenvalue weighted by Crippen LogP contribution is -2.12. The predicted octanol–water partition coefficient (Wildman–Crippen LogP) is 2.99. The van der Waals surface area contributed by atoms with Crippen molar-refractivity contribution in [2.24, 2.45) is 5.92 Å². The molecule has 0 atom stereocenters. The molecule has 3 heteroatoms. The van der Waals surface area contributed by atoms with Gasteiger partial charge in [0.15, 0.2) is 0 Å².